The Bertz CT molecular complexity index is 615. The number of nitrogens with zero attached hydrogens (tertiary/aromatic N) is 2. The molecule has 2 unspecified atom stereocenters. The van der Waals surface area contributed by atoms with Gasteiger partial charge in [-0.1, -0.05) is 18.5 Å². The van der Waals surface area contributed by atoms with Gasteiger partial charge in [-0.15, -0.1) is 0 Å². The Kier molecular flexibility index (Phi) is 6.51. The molecule has 1 aromatic rings. The van der Waals surface area contributed by atoms with Crippen LogP contribution in [-0.2, 0) is 25.8 Å². The first-order valence-corrected chi connectivity index (χ1v) is 6.89. The number of hydrogen-bond acceptors (Lipinski definition) is 6. The van der Waals surface area contributed by atoms with Gasteiger partial charge < -0.3 is 14.6 Å². The van der Waals surface area contributed by atoms with Gasteiger partial charge in [-0.25, -0.2) is 4.68 Å². The van der Waals surface area contributed by atoms with E-state index in [1.165, 1.54) is 7.11 Å². The molecule has 122 valence electrons. The van der Waals surface area contributed by atoms with Crippen molar-refractivity contribution in [2.75, 3.05) is 7.11 Å². The third kappa shape index (κ3) is 4.05. The summed E-state index contributed by atoms with van der Waals surface area (Å²) in [6.07, 6.45) is 1.12. The molecule has 0 aliphatic rings. The van der Waals surface area contributed by atoms with E-state index in [2.05, 4.69) is 5.10 Å². The van der Waals surface area contributed by atoms with Crippen LogP contribution in [-0.4, -0.2) is 40.0 Å². The fourth-order valence-electron chi connectivity index (χ4n) is 1.65. The Balaban J connectivity index is 3.33. The lowest BCUT2D eigenvalue weighted by molar-refractivity contribution is -0.157. The van der Waals surface area contributed by atoms with Crippen LogP contribution in [0.25, 0.3) is 0 Å². The Morgan fingerprint density at radius 2 is 2.14 bits per heavy atom. The lowest BCUT2D eigenvalue weighted by Gasteiger charge is -2.17. The fourth-order valence-corrected chi connectivity index (χ4v) is 1.88. The van der Waals surface area contributed by atoms with Crippen molar-refractivity contribution in [2.45, 2.75) is 39.0 Å². The first-order valence-electron chi connectivity index (χ1n) is 6.51. The summed E-state index contributed by atoms with van der Waals surface area (Å²) >= 11 is 5.87. The standard InChI is InChI=1S/C13H17ClN2O6/c1-4-7(2)22-13(20)10(12(18)19)9-8(14)5-15-16(6-21-3)11(9)17/h5,7,10H,4,6H2,1-3H3,(H,18,19). The summed E-state index contributed by atoms with van der Waals surface area (Å²) in [5.41, 5.74) is -1.21. The minimum atomic E-state index is -1.82. The summed E-state index contributed by atoms with van der Waals surface area (Å²) in [5, 5.41) is 12.8. The molecule has 0 bridgehead atoms. The molecule has 9 heteroatoms. The van der Waals surface area contributed by atoms with Gasteiger partial charge >= 0.3 is 11.9 Å². The van der Waals surface area contributed by atoms with Gasteiger partial charge in [-0.05, 0) is 13.3 Å². The lowest BCUT2D eigenvalue weighted by Crippen LogP contribution is -2.35. The van der Waals surface area contributed by atoms with Crippen molar-refractivity contribution >= 4 is 23.5 Å². The van der Waals surface area contributed by atoms with Crippen molar-refractivity contribution in [3.05, 3.63) is 27.1 Å². The van der Waals surface area contributed by atoms with E-state index in [1.54, 1.807) is 13.8 Å². The van der Waals surface area contributed by atoms with Crippen LogP contribution in [0.15, 0.2) is 11.0 Å². The number of esters is 1. The summed E-state index contributed by atoms with van der Waals surface area (Å²) in [6, 6.07) is 0. The Morgan fingerprint density at radius 3 is 2.64 bits per heavy atom. The van der Waals surface area contributed by atoms with Crippen molar-refractivity contribution in [1.82, 2.24) is 9.78 Å². The fraction of sp³-hybridized carbons (Fsp3) is 0.538. The predicted octanol–water partition coefficient (Wildman–Crippen LogP) is 1.01. The van der Waals surface area contributed by atoms with Crippen LogP contribution in [0, 0.1) is 0 Å². The summed E-state index contributed by atoms with van der Waals surface area (Å²) in [5.74, 6) is -4.39. The topological polar surface area (TPSA) is 108 Å². The Labute approximate surface area is 131 Å². The molecular formula is C13H17ClN2O6. The van der Waals surface area contributed by atoms with Crippen molar-refractivity contribution < 1.29 is 24.2 Å². The minimum Gasteiger partial charge on any atom is -0.480 e. The first-order chi connectivity index (χ1) is 10.3. The highest BCUT2D eigenvalue weighted by atomic mass is 35.5. The van der Waals surface area contributed by atoms with Crippen LogP contribution in [0.2, 0.25) is 5.02 Å². The maximum absolute atomic E-state index is 12.3. The molecule has 0 spiro atoms. The number of ether oxygens (including phenoxy) is 2. The second-order valence-electron chi connectivity index (χ2n) is 4.56. The van der Waals surface area contributed by atoms with Crippen LogP contribution in [0.5, 0.6) is 0 Å². The number of methoxy groups -OCH3 is 1. The molecule has 1 heterocycles. The van der Waals surface area contributed by atoms with Crippen LogP contribution >= 0.6 is 11.6 Å². The number of rotatable bonds is 7. The quantitative estimate of drug-likeness (QED) is 0.586. The van der Waals surface area contributed by atoms with Crippen molar-refractivity contribution in [1.29, 1.82) is 0 Å². The normalized spacial score (nSPS) is 13.5. The van der Waals surface area contributed by atoms with Gasteiger partial charge in [0.2, 0.25) is 0 Å². The molecular weight excluding hydrogens is 316 g/mol. The third-order valence-corrected chi connectivity index (χ3v) is 3.25. The van der Waals surface area contributed by atoms with Gasteiger partial charge in [-0.2, -0.15) is 5.10 Å². The highest BCUT2D eigenvalue weighted by Crippen LogP contribution is 2.23. The van der Waals surface area contributed by atoms with Gasteiger partial charge in [0.25, 0.3) is 5.56 Å². The zero-order valence-corrected chi connectivity index (χ0v) is 13.2. The molecule has 8 nitrogen and oxygen atoms in total. The van der Waals surface area contributed by atoms with E-state index >= 15 is 0 Å². The third-order valence-electron chi connectivity index (χ3n) is 2.95. The van der Waals surface area contributed by atoms with Gasteiger partial charge in [0.05, 0.1) is 22.9 Å². The molecule has 0 saturated heterocycles. The van der Waals surface area contributed by atoms with Gasteiger partial charge in [0.15, 0.2) is 5.92 Å². The average molecular weight is 333 g/mol. The van der Waals surface area contributed by atoms with E-state index in [4.69, 9.17) is 21.1 Å². The van der Waals surface area contributed by atoms with Crippen LogP contribution in [0.4, 0.5) is 0 Å². The smallest absolute Gasteiger partial charge is 0.325 e. The van der Waals surface area contributed by atoms with E-state index in [0.717, 1.165) is 10.9 Å². The predicted molar refractivity (Wildman–Crippen MR) is 76.7 cm³/mol. The minimum absolute atomic E-state index is 0.199. The maximum Gasteiger partial charge on any atom is 0.325 e. The highest BCUT2D eigenvalue weighted by molar-refractivity contribution is 6.31. The highest BCUT2D eigenvalue weighted by Gasteiger charge is 2.35. The number of carbonyl (C=O) groups excluding carboxylic acids is 1. The largest absolute Gasteiger partial charge is 0.480 e. The second-order valence-corrected chi connectivity index (χ2v) is 4.96. The Hall–Kier alpha value is -1.93. The number of carboxylic acids is 1. The van der Waals surface area contributed by atoms with E-state index in [0.29, 0.717) is 6.42 Å². The number of hydrogen-bond donors (Lipinski definition) is 1. The molecule has 1 N–H and O–H groups in total. The molecule has 0 aromatic carbocycles. The van der Waals surface area contributed by atoms with Gasteiger partial charge in [-0.3, -0.25) is 14.4 Å². The molecule has 0 aliphatic carbocycles. The molecule has 0 radical (unpaired) electrons. The van der Waals surface area contributed by atoms with Crippen LogP contribution < -0.4 is 5.56 Å². The van der Waals surface area contributed by atoms with E-state index in [-0.39, 0.29) is 11.8 Å². The number of carbonyl (C=O) groups is 2. The number of aromatic nitrogens is 2. The maximum atomic E-state index is 12.3. The van der Waals surface area contributed by atoms with Crippen LogP contribution in [0.3, 0.4) is 0 Å². The molecule has 0 fully saturated rings. The van der Waals surface area contributed by atoms with E-state index in [9.17, 15) is 19.5 Å². The summed E-state index contributed by atoms with van der Waals surface area (Å²) in [7, 11) is 1.34. The average Bonchev–Trinajstić information content (AvgIpc) is 2.45. The van der Waals surface area contributed by atoms with Crippen molar-refractivity contribution in [3.63, 3.8) is 0 Å². The Morgan fingerprint density at radius 1 is 1.50 bits per heavy atom. The number of aliphatic carboxylic acids is 1. The summed E-state index contributed by atoms with van der Waals surface area (Å²) < 4.78 is 10.7. The van der Waals surface area contributed by atoms with Gasteiger partial charge in [0.1, 0.15) is 6.73 Å². The molecule has 0 amide bonds. The van der Waals surface area contributed by atoms with E-state index in [1.807, 2.05) is 0 Å². The first kappa shape index (κ1) is 18.1. The SMILES string of the molecule is CCC(C)OC(=O)C(C(=O)O)c1c(Cl)cnn(COC)c1=O. The number of halogens is 1. The molecule has 2 atom stereocenters. The number of carboxylic acid groups (broad SMARTS) is 1. The zero-order chi connectivity index (χ0) is 16.9. The summed E-state index contributed by atoms with van der Waals surface area (Å²) in [4.78, 5) is 35.7. The van der Waals surface area contributed by atoms with E-state index < -0.39 is 35.1 Å². The molecule has 1 aromatic heterocycles. The molecule has 0 aliphatic heterocycles. The second kappa shape index (κ2) is 7.90. The van der Waals surface area contributed by atoms with Crippen molar-refractivity contribution in [3.8, 4) is 0 Å². The zero-order valence-electron chi connectivity index (χ0n) is 12.4. The monoisotopic (exact) mass is 332 g/mol. The van der Waals surface area contributed by atoms with Gasteiger partial charge in [0, 0.05) is 7.11 Å². The van der Waals surface area contributed by atoms with Crippen molar-refractivity contribution in [2.24, 2.45) is 0 Å². The lowest BCUT2D eigenvalue weighted by atomic mass is 10.0. The summed E-state index contributed by atoms with van der Waals surface area (Å²) in [6.45, 7) is 3.20. The molecule has 22 heavy (non-hydrogen) atoms. The molecule has 1 rings (SSSR count). The molecule has 0 saturated carbocycles. The van der Waals surface area contributed by atoms with Crippen LogP contribution in [0.1, 0.15) is 31.7 Å².